The van der Waals surface area contributed by atoms with Crippen LogP contribution in [0.25, 0.3) is 0 Å². The number of anilines is 1. The van der Waals surface area contributed by atoms with Gasteiger partial charge in [-0.2, -0.15) is 0 Å². The Morgan fingerprint density at radius 1 is 1.00 bits per heavy atom. The topological polar surface area (TPSA) is 15.6 Å². The van der Waals surface area contributed by atoms with E-state index in [-0.39, 0.29) is 0 Å². The summed E-state index contributed by atoms with van der Waals surface area (Å²) in [5, 5.41) is 0.741. The van der Waals surface area contributed by atoms with E-state index in [2.05, 4.69) is 4.99 Å². The minimum Gasteiger partial charge on any atom is -0.333 e. The van der Waals surface area contributed by atoms with Crippen molar-refractivity contribution in [2.24, 2.45) is 4.99 Å². The summed E-state index contributed by atoms with van der Waals surface area (Å²) in [6.45, 7) is 1.99. The van der Waals surface area contributed by atoms with Crippen LogP contribution in [0.5, 0.6) is 0 Å². The minimum atomic E-state index is 0.741. The first-order valence-corrected chi connectivity index (χ1v) is 6.14. The Bertz CT molecular complexity index is 532. The van der Waals surface area contributed by atoms with Crippen molar-refractivity contribution < 1.29 is 0 Å². The largest absolute Gasteiger partial charge is 0.333 e. The zero-order valence-electron chi connectivity index (χ0n) is 10.5. The number of hydrogen-bond donors (Lipinski definition) is 0. The molecule has 2 rings (SSSR count). The summed E-state index contributed by atoms with van der Waals surface area (Å²) >= 11 is 5.88. The van der Waals surface area contributed by atoms with Crippen molar-refractivity contribution in [1.29, 1.82) is 0 Å². The molecule has 2 aromatic rings. The second-order valence-corrected chi connectivity index (χ2v) is 4.47. The zero-order chi connectivity index (χ0) is 13.0. The maximum absolute atomic E-state index is 5.88. The number of halogens is 1. The van der Waals surface area contributed by atoms with E-state index in [1.165, 1.54) is 0 Å². The average Bonchev–Trinajstić information content (AvgIpc) is 2.40. The van der Waals surface area contributed by atoms with E-state index in [0.29, 0.717) is 0 Å². The van der Waals surface area contributed by atoms with Crippen molar-refractivity contribution >= 4 is 28.8 Å². The van der Waals surface area contributed by atoms with Crippen molar-refractivity contribution in [3.8, 4) is 0 Å². The lowest BCUT2D eigenvalue weighted by atomic mass is 10.3. The molecule has 92 valence electrons. The highest BCUT2D eigenvalue weighted by atomic mass is 35.5. The lowest BCUT2D eigenvalue weighted by Gasteiger charge is -2.18. The molecule has 0 fully saturated rings. The smallest absolute Gasteiger partial charge is 0.106 e. The summed E-state index contributed by atoms with van der Waals surface area (Å²) in [7, 11) is 1.99. The molecule has 0 aliphatic heterocycles. The summed E-state index contributed by atoms with van der Waals surface area (Å²) in [6, 6.07) is 17.6. The number of nitrogens with zero attached hydrogens (tertiary/aromatic N) is 2. The Hall–Kier alpha value is -1.80. The molecule has 0 aromatic heterocycles. The normalized spacial score (nSPS) is 11.4. The molecule has 18 heavy (non-hydrogen) atoms. The third-order valence-corrected chi connectivity index (χ3v) is 3.00. The molecular formula is C15H15ClN2. The van der Waals surface area contributed by atoms with E-state index in [1.807, 2.05) is 73.5 Å². The molecule has 0 spiro atoms. The predicted octanol–water partition coefficient (Wildman–Crippen LogP) is 4.53. The maximum Gasteiger partial charge on any atom is 0.106 e. The summed E-state index contributed by atoms with van der Waals surface area (Å²) in [6.07, 6.45) is 0. The van der Waals surface area contributed by atoms with Crippen molar-refractivity contribution in [2.75, 3.05) is 11.9 Å². The molecule has 0 heterocycles. The average molecular weight is 259 g/mol. The SMILES string of the molecule is CC(=Nc1ccccc1)N(C)c1ccc(Cl)cc1. The Morgan fingerprint density at radius 3 is 2.22 bits per heavy atom. The van der Waals surface area contributed by atoms with E-state index in [0.717, 1.165) is 22.2 Å². The first-order valence-electron chi connectivity index (χ1n) is 5.76. The van der Waals surface area contributed by atoms with Gasteiger partial charge in [0.25, 0.3) is 0 Å². The van der Waals surface area contributed by atoms with Crippen LogP contribution in [0.2, 0.25) is 5.02 Å². The predicted molar refractivity (Wildman–Crippen MR) is 79.1 cm³/mol. The van der Waals surface area contributed by atoms with Gasteiger partial charge in [0.05, 0.1) is 5.69 Å². The van der Waals surface area contributed by atoms with Crippen LogP contribution in [0.3, 0.4) is 0 Å². The zero-order valence-corrected chi connectivity index (χ0v) is 11.2. The Kier molecular flexibility index (Phi) is 4.00. The third kappa shape index (κ3) is 3.11. The first kappa shape index (κ1) is 12.7. The van der Waals surface area contributed by atoms with Gasteiger partial charge in [0, 0.05) is 17.8 Å². The fourth-order valence-corrected chi connectivity index (χ4v) is 1.74. The summed E-state index contributed by atoms with van der Waals surface area (Å²) < 4.78 is 0. The lowest BCUT2D eigenvalue weighted by Crippen LogP contribution is -2.22. The monoisotopic (exact) mass is 258 g/mol. The summed E-state index contributed by atoms with van der Waals surface area (Å²) in [5.41, 5.74) is 2.02. The molecule has 0 radical (unpaired) electrons. The molecule has 2 nitrogen and oxygen atoms in total. The van der Waals surface area contributed by atoms with Crippen LogP contribution in [0.1, 0.15) is 6.92 Å². The molecule has 0 aliphatic carbocycles. The minimum absolute atomic E-state index is 0.741. The van der Waals surface area contributed by atoms with Gasteiger partial charge in [-0.25, -0.2) is 4.99 Å². The number of rotatable bonds is 2. The Balaban J connectivity index is 2.21. The van der Waals surface area contributed by atoms with Crippen LogP contribution in [0, 0.1) is 0 Å². The van der Waals surface area contributed by atoms with Gasteiger partial charge >= 0.3 is 0 Å². The first-order chi connectivity index (χ1) is 8.66. The molecule has 0 saturated heterocycles. The van der Waals surface area contributed by atoms with Crippen LogP contribution in [-0.4, -0.2) is 12.9 Å². The van der Waals surface area contributed by atoms with Gasteiger partial charge in [-0.1, -0.05) is 29.8 Å². The standard InChI is InChI=1S/C15H15ClN2/c1-12(17-14-6-4-3-5-7-14)18(2)15-10-8-13(16)9-11-15/h3-11H,1-2H3. The van der Waals surface area contributed by atoms with Gasteiger partial charge < -0.3 is 4.90 Å². The Labute approximate surface area is 113 Å². The van der Waals surface area contributed by atoms with Crippen molar-refractivity contribution in [1.82, 2.24) is 0 Å². The third-order valence-electron chi connectivity index (χ3n) is 2.75. The molecule has 2 aromatic carbocycles. The second kappa shape index (κ2) is 5.69. The highest BCUT2D eigenvalue weighted by Gasteiger charge is 2.03. The highest BCUT2D eigenvalue weighted by molar-refractivity contribution is 6.30. The van der Waals surface area contributed by atoms with E-state index in [1.54, 1.807) is 0 Å². The van der Waals surface area contributed by atoms with Crippen LogP contribution in [0.15, 0.2) is 59.6 Å². The van der Waals surface area contributed by atoms with Crippen molar-refractivity contribution in [3.05, 3.63) is 59.6 Å². The van der Waals surface area contributed by atoms with E-state index < -0.39 is 0 Å². The van der Waals surface area contributed by atoms with Crippen LogP contribution < -0.4 is 4.90 Å². The van der Waals surface area contributed by atoms with Gasteiger partial charge in [0.15, 0.2) is 0 Å². The summed E-state index contributed by atoms with van der Waals surface area (Å²) in [5.74, 6) is 0.934. The van der Waals surface area contributed by atoms with Gasteiger partial charge in [-0.15, -0.1) is 0 Å². The quantitative estimate of drug-likeness (QED) is 0.571. The molecule has 0 unspecified atom stereocenters. The Morgan fingerprint density at radius 2 is 1.61 bits per heavy atom. The van der Waals surface area contributed by atoms with Crippen molar-refractivity contribution in [3.63, 3.8) is 0 Å². The fraction of sp³-hybridized carbons (Fsp3) is 0.133. The van der Waals surface area contributed by atoms with E-state index in [9.17, 15) is 0 Å². The van der Waals surface area contributed by atoms with Crippen LogP contribution in [0.4, 0.5) is 11.4 Å². The molecule has 0 N–H and O–H groups in total. The van der Waals surface area contributed by atoms with Gasteiger partial charge in [-0.3, -0.25) is 0 Å². The van der Waals surface area contributed by atoms with E-state index in [4.69, 9.17) is 11.6 Å². The number of aliphatic imine (C=N–C) groups is 1. The van der Waals surface area contributed by atoms with Crippen LogP contribution >= 0.6 is 11.6 Å². The van der Waals surface area contributed by atoms with E-state index >= 15 is 0 Å². The molecule has 0 bridgehead atoms. The lowest BCUT2D eigenvalue weighted by molar-refractivity contribution is 1.23. The molecular weight excluding hydrogens is 244 g/mol. The van der Waals surface area contributed by atoms with Gasteiger partial charge in [0.2, 0.25) is 0 Å². The number of hydrogen-bond acceptors (Lipinski definition) is 1. The van der Waals surface area contributed by atoms with Crippen molar-refractivity contribution in [2.45, 2.75) is 6.92 Å². The molecule has 0 atom stereocenters. The number of amidine groups is 1. The molecule has 0 aliphatic rings. The summed E-state index contributed by atoms with van der Waals surface area (Å²) in [4.78, 5) is 6.60. The fourth-order valence-electron chi connectivity index (χ4n) is 1.62. The van der Waals surface area contributed by atoms with Crippen LogP contribution in [-0.2, 0) is 0 Å². The second-order valence-electron chi connectivity index (χ2n) is 4.03. The van der Waals surface area contributed by atoms with Gasteiger partial charge in [0.1, 0.15) is 5.84 Å². The molecule has 0 saturated carbocycles. The molecule has 0 amide bonds. The highest BCUT2D eigenvalue weighted by Crippen LogP contribution is 2.18. The molecule has 3 heteroatoms. The van der Waals surface area contributed by atoms with Gasteiger partial charge in [-0.05, 0) is 43.3 Å². The maximum atomic E-state index is 5.88. The number of para-hydroxylation sites is 1. The number of benzene rings is 2.